The summed E-state index contributed by atoms with van der Waals surface area (Å²) in [5.74, 6) is -1.95. The summed E-state index contributed by atoms with van der Waals surface area (Å²) in [6.07, 6.45) is 3.26. The topological polar surface area (TPSA) is 36.3 Å². The van der Waals surface area contributed by atoms with Gasteiger partial charge in [-0.05, 0) is 43.2 Å². The summed E-state index contributed by atoms with van der Waals surface area (Å²) in [4.78, 5) is 0. The minimum atomic E-state index is -0.774. The van der Waals surface area contributed by atoms with Gasteiger partial charge in [-0.3, -0.25) is 0 Å². The number of hydrogen-bond acceptors (Lipinski definition) is 3. The molecule has 1 saturated heterocycles. The molecule has 1 atom stereocenters. The fourth-order valence-corrected chi connectivity index (χ4v) is 3.19. The Hall–Kier alpha value is -1.99. The molecule has 4 rings (SSSR count). The van der Waals surface area contributed by atoms with Crippen LogP contribution in [0.25, 0.3) is 16.6 Å². The van der Waals surface area contributed by atoms with Gasteiger partial charge in [0.1, 0.15) is 5.52 Å². The highest BCUT2D eigenvalue weighted by Crippen LogP contribution is 2.33. The van der Waals surface area contributed by atoms with Crippen LogP contribution in [0.5, 0.6) is 5.75 Å². The van der Waals surface area contributed by atoms with Gasteiger partial charge in [-0.15, -0.1) is 0 Å². The Balaban J connectivity index is 1.79. The van der Waals surface area contributed by atoms with Gasteiger partial charge in [0.15, 0.2) is 23.7 Å². The first-order valence-corrected chi connectivity index (χ1v) is 8.83. The second-order valence-corrected chi connectivity index (χ2v) is 6.80. The molecule has 2 aromatic carbocycles. The third-order valence-corrected chi connectivity index (χ3v) is 4.69. The lowest BCUT2D eigenvalue weighted by Gasteiger charge is -2.24. The van der Waals surface area contributed by atoms with Crippen molar-refractivity contribution in [3.05, 3.63) is 52.6 Å². The van der Waals surface area contributed by atoms with E-state index in [9.17, 15) is 4.39 Å². The van der Waals surface area contributed by atoms with Crippen molar-refractivity contribution >= 4 is 26.8 Å². The molecule has 0 aliphatic carbocycles. The van der Waals surface area contributed by atoms with Crippen molar-refractivity contribution in [2.75, 3.05) is 6.61 Å². The van der Waals surface area contributed by atoms with E-state index in [0.717, 1.165) is 17.3 Å². The van der Waals surface area contributed by atoms with E-state index in [1.807, 2.05) is 12.1 Å². The zero-order valence-electron chi connectivity index (χ0n) is 13.2. The number of benzene rings is 2. The molecule has 3 aromatic rings. The normalized spacial score (nSPS) is 17.8. The molecule has 1 aliphatic heterocycles. The number of hydrogen-bond donors (Lipinski definition) is 0. The summed E-state index contributed by atoms with van der Waals surface area (Å²) in [6.45, 7) is 0.535. The minimum Gasteiger partial charge on any atom is -0.459 e. The van der Waals surface area contributed by atoms with E-state index in [4.69, 9.17) is 9.47 Å². The summed E-state index contributed by atoms with van der Waals surface area (Å²) >= 11 is 3.36. The average molecular weight is 409 g/mol. The molecule has 0 radical (unpaired) electrons. The summed E-state index contributed by atoms with van der Waals surface area (Å²) in [6, 6.07) is 8.49. The van der Waals surface area contributed by atoms with Gasteiger partial charge in [-0.1, -0.05) is 15.9 Å². The maximum atomic E-state index is 15.1. The minimum absolute atomic E-state index is 0.175. The molecule has 7 heteroatoms. The molecule has 0 spiro atoms. The Kier molecular flexibility index (Phi) is 4.43. The van der Waals surface area contributed by atoms with Crippen molar-refractivity contribution < 1.29 is 18.3 Å². The van der Waals surface area contributed by atoms with Gasteiger partial charge >= 0.3 is 0 Å². The lowest BCUT2D eigenvalue weighted by Crippen LogP contribution is -2.26. The quantitative estimate of drug-likeness (QED) is 0.613. The van der Waals surface area contributed by atoms with E-state index in [2.05, 4.69) is 21.0 Å². The van der Waals surface area contributed by atoms with Crippen LogP contribution >= 0.6 is 15.9 Å². The molecule has 0 saturated carbocycles. The third-order valence-electron chi connectivity index (χ3n) is 4.16. The Bertz CT molecular complexity index is 906. The second-order valence-electron chi connectivity index (χ2n) is 5.89. The molecule has 1 unspecified atom stereocenters. The molecule has 25 heavy (non-hydrogen) atoms. The monoisotopic (exact) mass is 408 g/mol. The Labute approximate surface area is 151 Å². The van der Waals surface area contributed by atoms with Gasteiger partial charge in [-0.25, -0.2) is 13.5 Å². The second kappa shape index (κ2) is 6.72. The summed E-state index contributed by atoms with van der Waals surface area (Å²) in [5.41, 5.74) is 0.845. The first-order valence-electron chi connectivity index (χ1n) is 8.03. The Morgan fingerprint density at radius 1 is 1.20 bits per heavy atom. The van der Waals surface area contributed by atoms with Crippen molar-refractivity contribution in [3.63, 3.8) is 0 Å². The first-order chi connectivity index (χ1) is 12.1. The van der Waals surface area contributed by atoms with E-state index in [1.54, 1.807) is 12.1 Å². The zero-order chi connectivity index (χ0) is 17.4. The highest BCUT2D eigenvalue weighted by atomic mass is 79.9. The standard InChI is InChI=1S/C18H15BrF2N2O2/c19-12-4-6-13(7-5-12)23-17-11(10-22-23)9-14(20)18(16(17)21)25-15-3-1-2-8-24-15/h4-7,9-10,15H,1-3,8H2. The SMILES string of the molecule is Fc1cc2cnn(-c3ccc(Br)cc3)c2c(F)c1OC1CCCCO1. The van der Waals surface area contributed by atoms with E-state index < -0.39 is 23.7 Å². The van der Waals surface area contributed by atoms with Gasteiger partial charge in [0, 0.05) is 16.3 Å². The number of fused-ring (bicyclic) bond motifs is 1. The molecule has 4 nitrogen and oxygen atoms in total. The largest absolute Gasteiger partial charge is 0.459 e. The van der Waals surface area contributed by atoms with Gasteiger partial charge in [0.25, 0.3) is 0 Å². The molecule has 0 N–H and O–H groups in total. The summed E-state index contributed by atoms with van der Waals surface area (Å²) < 4.78 is 42.6. The van der Waals surface area contributed by atoms with Crippen molar-refractivity contribution in [3.8, 4) is 11.4 Å². The van der Waals surface area contributed by atoms with Crippen LogP contribution < -0.4 is 4.74 Å². The lowest BCUT2D eigenvalue weighted by atomic mass is 10.2. The van der Waals surface area contributed by atoms with Crippen LogP contribution in [0.4, 0.5) is 8.78 Å². The number of rotatable bonds is 3. The molecule has 2 heterocycles. The van der Waals surface area contributed by atoms with Crippen molar-refractivity contribution in [2.24, 2.45) is 0 Å². The van der Waals surface area contributed by atoms with Crippen LogP contribution in [0, 0.1) is 11.6 Å². The molecule has 1 fully saturated rings. The Morgan fingerprint density at radius 2 is 2.00 bits per heavy atom. The van der Waals surface area contributed by atoms with Crippen LogP contribution in [0.1, 0.15) is 19.3 Å². The van der Waals surface area contributed by atoms with Gasteiger partial charge in [-0.2, -0.15) is 5.10 Å². The number of aromatic nitrogens is 2. The lowest BCUT2D eigenvalue weighted by molar-refractivity contribution is -0.108. The molecule has 1 aliphatic rings. The highest BCUT2D eigenvalue weighted by molar-refractivity contribution is 9.10. The van der Waals surface area contributed by atoms with E-state index in [0.29, 0.717) is 24.1 Å². The van der Waals surface area contributed by atoms with Crippen molar-refractivity contribution in [1.82, 2.24) is 9.78 Å². The van der Waals surface area contributed by atoms with Gasteiger partial charge in [0.2, 0.25) is 0 Å². The fourth-order valence-electron chi connectivity index (χ4n) is 2.92. The van der Waals surface area contributed by atoms with E-state index in [1.165, 1.54) is 16.9 Å². The van der Waals surface area contributed by atoms with Crippen molar-refractivity contribution in [2.45, 2.75) is 25.6 Å². The number of halogens is 3. The van der Waals surface area contributed by atoms with E-state index >= 15 is 4.39 Å². The average Bonchev–Trinajstić information content (AvgIpc) is 3.04. The van der Waals surface area contributed by atoms with Gasteiger partial charge in [0.05, 0.1) is 18.5 Å². The molecule has 0 amide bonds. The van der Waals surface area contributed by atoms with Crippen molar-refractivity contribution in [1.29, 1.82) is 0 Å². The van der Waals surface area contributed by atoms with Crippen LogP contribution in [0.3, 0.4) is 0 Å². The third kappa shape index (κ3) is 3.14. The van der Waals surface area contributed by atoms with E-state index in [-0.39, 0.29) is 5.52 Å². The predicted molar refractivity (Wildman–Crippen MR) is 92.9 cm³/mol. The smallest absolute Gasteiger partial charge is 0.200 e. The molecular formula is C18H15BrF2N2O2. The summed E-state index contributed by atoms with van der Waals surface area (Å²) in [7, 11) is 0. The summed E-state index contributed by atoms with van der Waals surface area (Å²) in [5, 5.41) is 4.56. The maximum Gasteiger partial charge on any atom is 0.200 e. The first kappa shape index (κ1) is 16.5. The maximum absolute atomic E-state index is 15.1. The molecular weight excluding hydrogens is 394 g/mol. The van der Waals surface area contributed by atoms with Crippen LogP contribution in [0.15, 0.2) is 41.0 Å². The fraction of sp³-hybridized carbons (Fsp3) is 0.278. The molecule has 1 aromatic heterocycles. The van der Waals surface area contributed by atoms with Crippen LogP contribution in [-0.2, 0) is 4.74 Å². The number of ether oxygens (including phenoxy) is 2. The van der Waals surface area contributed by atoms with Crippen LogP contribution in [0.2, 0.25) is 0 Å². The predicted octanol–water partition coefficient (Wildman–Crippen LogP) is 4.97. The Morgan fingerprint density at radius 3 is 2.72 bits per heavy atom. The van der Waals surface area contributed by atoms with Crippen LogP contribution in [-0.4, -0.2) is 22.7 Å². The zero-order valence-corrected chi connectivity index (χ0v) is 14.8. The molecule has 130 valence electrons. The molecule has 0 bridgehead atoms. The van der Waals surface area contributed by atoms with Gasteiger partial charge < -0.3 is 9.47 Å². The highest BCUT2D eigenvalue weighted by Gasteiger charge is 2.24. The number of nitrogens with zero attached hydrogens (tertiary/aromatic N) is 2.